The first-order valence-electron chi connectivity index (χ1n) is 8.82. The predicted octanol–water partition coefficient (Wildman–Crippen LogP) is 4.20. The van der Waals surface area contributed by atoms with E-state index in [0.717, 1.165) is 44.6 Å². The molecular formula is C19H31ClN2OS. The monoisotopic (exact) mass is 370 g/mol. The Labute approximate surface area is 157 Å². The van der Waals surface area contributed by atoms with Crippen LogP contribution < -0.4 is 5.32 Å². The van der Waals surface area contributed by atoms with Crippen molar-refractivity contribution in [3.63, 3.8) is 0 Å². The summed E-state index contributed by atoms with van der Waals surface area (Å²) >= 11 is 1.79. The number of rotatable bonds is 7. The van der Waals surface area contributed by atoms with E-state index in [1.807, 2.05) is 0 Å². The normalized spacial score (nSPS) is 15.0. The van der Waals surface area contributed by atoms with E-state index in [4.69, 9.17) is 0 Å². The number of nitrogens with one attached hydrogen (secondary N) is 1. The van der Waals surface area contributed by atoms with Crippen LogP contribution in [0.25, 0.3) is 0 Å². The first kappa shape index (κ1) is 21.3. The molecule has 0 atom stereocenters. The van der Waals surface area contributed by atoms with Crippen molar-refractivity contribution in [2.75, 3.05) is 25.4 Å². The van der Waals surface area contributed by atoms with Gasteiger partial charge in [-0.3, -0.25) is 4.79 Å². The second-order valence-corrected chi connectivity index (χ2v) is 7.58. The van der Waals surface area contributed by atoms with Crippen LogP contribution in [0.2, 0.25) is 0 Å². The molecule has 1 amide bonds. The zero-order valence-electron chi connectivity index (χ0n) is 15.1. The molecule has 0 unspecified atom stereocenters. The van der Waals surface area contributed by atoms with E-state index in [0.29, 0.717) is 18.4 Å². The van der Waals surface area contributed by atoms with Gasteiger partial charge in [0.25, 0.3) is 0 Å². The number of piperidine rings is 1. The maximum atomic E-state index is 12.6. The fraction of sp³-hybridized carbons (Fsp3) is 0.632. The van der Waals surface area contributed by atoms with Gasteiger partial charge in [0.05, 0.1) is 0 Å². The lowest BCUT2D eigenvalue weighted by atomic mass is 10.0. The molecule has 1 aliphatic rings. The maximum absolute atomic E-state index is 12.6. The Kier molecular flexibility index (Phi) is 9.79. The quantitative estimate of drug-likeness (QED) is 0.730. The van der Waals surface area contributed by atoms with Crippen LogP contribution in [0.4, 0.5) is 0 Å². The number of carbonyl (C=O) groups excluding carboxylic acids is 1. The highest BCUT2D eigenvalue weighted by molar-refractivity contribution is 7.99. The van der Waals surface area contributed by atoms with E-state index in [2.05, 4.69) is 49.2 Å². The van der Waals surface area contributed by atoms with Crippen LogP contribution in [0.3, 0.4) is 0 Å². The van der Waals surface area contributed by atoms with Gasteiger partial charge in [0.2, 0.25) is 5.91 Å². The minimum atomic E-state index is 0. The fourth-order valence-electron chi connectivity index (χ4n) is 3.07. The molecule has 0 radical (unpaired) electrons. The number of thioether (sulfide) groups is 1. The van der Waals surface area contributed by atoms with E-state index < -0.39 is 0 Å². The number of aryl methyl sites for hydroxylation is 2. The average molecular weight is 371 g/mol. The summed E-state index contributed by atoms with van der Waals surface area (Å²) in [5.41, 5.74) is 2.65. The van der Waals surface area contributed by atoms with Crippen molar-refractivity contribution in [2.45, 2.75) is 57.4 Å². The summed E-state index contributed by atoms with van der Waals surface area (Å²) in [5.74, 6) is 1.20. The van der Waals surface area contributed by atoms with Crippen LogP contribution in [0.1, 0.15) is 43.7 Å². The molecular weight excluding hydrogens is 340 g/mol. The molecule has 2 rings (SSSR count). The summed E-state index contributed by atoms with van der Waals surface area (Å²) < 4.78 is 0. The number of benzene rings is 1. The highest BCUT2D eigenvalue weighted by Crippen LogP contribution is 2.22. The maximum Gasteiger partial charge on any atom is 0.223 e. The van der Waals surface area contributed by atoms with E-state index in [1.165, 1.54) is 16.0 Å². The Balaban J connectivity index is 0.00000288. The first-order chi connectivity index (χ1) is 11.1. The number of hydrogen-bond donors (Lipinski definition) is 1. The van der Waals surface area contributed by atoms with Crippen molar-refractivity contribution < 1.29 is 4.79 Å². The summed E-state index contributed by atoms with van der Waals surface area (Å²) in [7, 11) is 0. The molecule has 3 nitrogen and oxygen atoms in total. The van der Waals surface area contributed by atoms with E-state index in [9.17, 15) is 4.79 Å². The molecule has 5 heteroatoms. The zero-order valence-corrected chi connectivity index (χ0v) is 16.8. The second-order valence-electron chi connectivity index (χ2n) is 6.41. The molecule has 0 aliphatic carbocycles. The Morgan fingerprint density at radius 2 is 1.96 bits per heavy atom. The van der Waals surface area contributed by atoms with Crippen LogP contribution in [0.5, 0.6) is 0 Å². The van der Waals surface area contributed by atoms with Crippen molar-refractivity contribution in [3.8, 4) is 0 Å². The molecule has 0 saturated carbocycles. The van der Waals surface area contributed by atoms with Gasteiger partial charge in [-0.25, -0.2) is 0 Å². The minimum absolute atomic E-state index is 0. The summed E-state index contributed by atoms with van der Waals surface area (Å²) in [4.78, 5) is 16.0. The first-order valence-corrected chi connectivity index (χ1v) is 9.80. The van der Waals surface area contributed by atoms with Crippen LogP contribution >= 0.6 is 24.2 Å². The van der Waals surface area contributed by atoms with Crippen LogP contribution in [0, 0.1) is 13.8 Å². The van der Waals surface area contributed by atoms with Crippen molar-refractivity contribution in [2.24, 2.45) is 0 Å². The highest BCUT2D eigenvalue weighted by Gasteiger charge is 2.24. The lowest BCUT2D eigenvalue weighted by Crippen LogP contribution is -2.46. The summed E-state index contributed by atoms with van der Waals surface area (Å²) in [5, 5.41) is 3.38. The number of amides is 1. The van der Waals surface area contributed by atoms with Crippen molar-refractivity contribution >= 4 is 30.1 Å². The van der Waals surface area contributed by atoms with Gasteiger partial charge in [-0.1, -0.05) is 13.0 Å². The van der Waals surface area contributed by atoms with E-state index in [1.54, 1.807) is 11.8 Å². The molecule has 1 fully saturated rings. The molecule has 1 N–H and O–H groups in total. The Bertz CT molecular complexity index is 518. The molecule has 1 saturated heterocycles. The Hall–Kier alpha value is -0.710. The molecule has 1 heterocycles. The molecule has 0 spiro atoms. The number of hydrogen-bond acceptors (Lipinski definition) is 3. The van der Waals surface area contributed by atoms with Gasteiger partial charge in [-0.2, -0.15) is 0 Å². The van der Waals surface area contributed by atoms with E-state index in [-0.39, 0.29) is 12.4 Å². The molecule has 0 bridgehead atoms. The SMILES string of the molecule is CCCN(C(=O)CCSc1ccc(C)c(C)c1)C1CCNCC1.Cl. The van der Waals surface area contributed by atoms with Crippen molar-refractivity contribution in [1.82, 2.24) is 10.2 Å². The molecule has 24 heavy (non-hydrogen) atoms. The van der Waals surface area contributed by atoms with Gasteiger partial charge >= 0.3 is 0 Å². The van der Waals surface area contributed by atoms with Crippen LogP contribution in [0.15, 0.2) is 23.1 Å². The topological polar surface area (TPSA) is 32.3 Å². The number of halogens is 1. The van der Waals surface area contributed by atoms with Gasteiger partial charge in [-0.15, -0.1) is 24.2 Å². The average Bonchev–Trinajstić information content (AvgIpc) is 2.56. The Morgan fingerprint density at radius 3 is 2.58 bits per heavy atom. The molecule has 1 aromatic carbocycles. The lowest BCUT2D eigenvalue weighted by Gasteiger charge is -2.34. The predicted molar refractivity (Wildman–Crippen MR) is 106 cm³/mol. The second kappa shape index (κ2) is 11.0. The highest BCUT2D eigenvalue weighted by atomic mass is 35.5. The van der Waals surface area contributed by atoms with Crippen molar-refractivity contribution in [3.05, 3.63) is 29.3 Å². The van der Waals surface area contributed by atoms with Gasteiger partial charge in [-0.05, 0) is 69.5 Å². The van der Waals surface area contributed by atoms with Crippen molar-refractivity contribution in [1.29, 1.82) is 0 Å². The van der Waals surface area contributed by atoms with Gasteiger partial charge in [0.1, 0.15) is 0 Å². The minimum Gasteiger partial charge on any atom is -0.340 e. The molecule has 0 aromatic heterocycles. The third-order valence-corrected chi connectivity index (χ3v) is 5.59. The number of carbonyl (C=O) groups is 1. The van der Waals surface area contributed by atoms with Gasteiger partial charge in [0.15, 0.2) is 0 Å². The largest absolute Gasteiger partial charge is 0.340 e. The van der Waals surface area contributed by atoms with Crippen LogP contribution in [-0.2, 0) is 4.79 Å². The molecule has 1 aromatic rings. The fourth-order valence-corrected chi connectivity index (χ4v) is 4.01. The number of nitrogens with zero attached hydrogens (tertiary/aromatic N) is 1. The third kappa shape index (κ3) is 6.30. The smallest absolute Gasteiger partial charge is 0.223 e. The summed E-state index contributed by atoms with van der Waals surface area (Å²) in [6.45, 7) is 9.41. The summed E-state index contributed by atoms with van der Waals surface area (Å²) in [6, 6.07) is 6.99. The third-order valence-electron chi connectivity index (χ3n) is 4.60. The summed E-state index contributed by atoms with van der Waals surface area (Å²) in [6.07, 6.45) is 3.87. The lowest BCUT2D eigenvalue weighted by molar-refractivity contribution is -0.133. The molecule has 1 aliphatic heterocycles. The standard InChI is InChI=1S/C19H30N2OS.ClH/c1-4-12-21(17-7-10-20-11-8-17)19(22)9-13-23-18-6-5-15(2)16(3)14-18;/h5-6,14,17,20H,4,7-13H2,1-3H3;1H. The van der Waals surface area contributed by atoms with Crippen LogP contribution in [-0.4, -0.2) is 42.2 Å². The van der Waals surface area contributed by atoms with Gasteiger partial charge < -0.3 is 10.2 Å². The zero-order chi connectivity index (χ0) is 16.7. The molecule has 136 valence electrons. The van der Waals surface area contributed by atoms with Gasteiger partial charge in [0, 0.05) is 29.7 Å². The Morgan fingerprint density at radius 1 is 1.25 bits per heavy atom. The van der Waals surface area contributed by atoms with E-state index >= 15 is 0 Å².